The molecule has 0 aliphatic carbocycles. The highest BCUT2D eigenvalue weighted by Crippen LogP contribution is 2.40. The van der Waals surface area contributed by atoms with E-state index in [-0.39, 0.29) is 40.1 Å². The van der Waals surface area contributed by atoms with Gasteiger partial charge in [0.15, 0.2) is 11.6 Å². The Balaban J connectivity index is 1.59. The average molecular weight is 505 g/mol. The van der Waals surface area contributed by atoms with E-state index in [2.05, 4.69) is 35.5 Å². The molecule has 5 rings (SSSR count). The fraction of sp³-hybridized carbons (Fsp3) is 0. The van der Waals surface area contributed by atoms with Crippen LogP contribution in [0.4, 0.5) is 28.6 Å². The van der Waals surface area contributed by atoms with Crippen LogP contribution in [-0.2, 0) is 0 Å². The lowest BCUT2D eigenvalue weighted by Gasteiger charge is -2.11. The molecular formula is C25H15N9O4. The Morgan fingerprint density at radius 1 is 1.08 bits per heavy atom. The lowest BCUT2D eigenvalue weighted by Crippen LogP contribution is -2.12. The predicted molar refractivity (Wildman–Crippen MR) is 136 cm³/mol. The normalized spacial score (nSPS) is 10.9. The summed E-state index contributed by atoms with van der Waals surface area (Å²) in [5.74, 6) is -0.992. The molecule has 0 fully saturated rings. The quantitative estimate of drug-likeness (QED) is 0.130. The predicted octanol–water partition coefficient (Wildman–Crippen LogP) is 5.65. The van der Waals surface area contributed by atoms with Crippen molar-refractivity contribution >= 4 is 45.2 Å². The van der Waals surface area contributed by atoms with Crippen molar-refractivity contribution in [3.8, 4) is 11.7 Å². The fourth-order valence-corrected chi connectivity index (χ4v) is 3.64. The van der Waals surface area contributed by atoms with Gasteiger partial charge >= 0.3 is 0 Å². The van der Waals surface area contributed by atoms with Gasteiger partial charge in [-0.15, -0.1) is 10.2 Å². The van der Waals surface area contributed by atoms with Gasteiger partial charge in [-0.05, 0) is 23.6 Å². The Hall–Kier alpha value is -6.03. The number of carbonyl (C=O) groups excluding carboxylic acids is 1. The first-order chi connectivity index (χ1) is 18.5. The van der Waals surface area contributed by atoms with E-state index in [0.29, 0.717) is 10.8 Å². The first-order valence-electron chi connectivity index (χ1n) is 10.9. The van der Waals surface area contributed by atoms with Gasteiger partial charge in [0, 0.05) is 35.6 Å². The number of nitro groups is 1. The van der Waals surface area contributed by atoms with Crippen LogP contribution in [0.25, 0.3) is 21.6 Å². The summed E-state index contributed by atoms with van der Waals surface area (Å²) in [5, 5.41) is 38.3. The molecule has 0 aliphatic rings. The van der Waals surface area contributed by atoms with Crippen molar-refractivity contribution in [3.63, 3.8) is 0 Å². The number of fused-ring (bicyclic) bond motifs is 1. The number of phenols is 1. The number of amides is 1. The summed E-state index contributed by atoms with van der Waals surface area (Å²) in [6, 6.07) is 15.4. The number of nitro benzene ring substituents is 1. The van der Waals surface area contributed by atoms with E-state index in [4.69, 9.17) is 6.57 Å². The number of nitrogens with zero attached hydrogens (tertiary/aromatic N) is 8. The van der Waals surface area contributed by atoms with E-state index in [1.807, 2.05) is 0 Å². The number of benzene rings is 3. The molecule has 13 heteroatoms. The molecule has 0 bridgehead atoms. The lowest BCUT2D eigenvalue weighted by atomic mass is 10.0. The topological polar surface area (TPSA) is 165 Å². The molecule has 2 aromatic heterocycles. The number of anilines is 1. The third-order valence-corrected chi connectivity index (χ3v) is 5.39. The standard InChI is InChI=1S/C25H15N9O4/c1-26-20-14-29-33(25-27-10-5-11-28-25)23(20)32-31-21-18-9-3-2-6-15(18)12-19(22(21)35)24(36)30-16-7-4-8-17(13-16)34(37)38/h2-14,35H,(H,30,36)/b32-31+. The number of aromatic hydroxyl groups is 1. The van der Waals surface area contributed by atoms with Crippen molar-refractivity contribution in [2.45, 2.75) is 0 Å². The summed E-state index contributed by atoms with van der Waals surface area (Å²) >= 11 is 0. The largest absolute Gasteiger partial charge is 0.505 e. The second kappa shape index (κ2) is 9.91. The molecule has 0 saturated carbocycles. The Labute approximate surface area is 213 Å². The zero-order chi connectivity index (χ0) is 26.6. The number of rotatable bonds is 6. The van der Waals surface area contributed by atoms with E-state index in [0.717, 1.165) is 0 Å². The molecule has 0 saturated heterocycles. The first-order valence-corrected chi connectivity index (χ1v) is 10.9. The lowest BCUT2D eigenvalue weighted by molar-refractivity contribution is -0.384. The minimum atomic E-state index is -0.713. The van der Waals surface area contributed by atoms with Crippen LogP contribution in [0.15, 0.2) is 89.5 Å². The van der Waals surface area contributed by atoms with Crippen molar-refractivity contribution in [3.05, 3.63) is 106 Å². The number of hydrogen-bond acceptors (Lipinski definition) is 9. The van der Waals surface area contributed by atoms with Gasteiger partial charge < -0.3 is 10.4 Å². The van der Waals surface area contributed by atoms with Gasteiger partial charge in [-0.2, -0.15) is 9.78 Å². The summed E-state index contributed by atoms with van der Waals surface area (Å²) in [7, 11) is 0. The Morgan fingerprint density at radius 2 is 1.87 bits per heavy atom. The van der Waals surface area contributed by atoms with Crippen molar-refractivity contribution in [1.82, 2.24) is 19.7 Å². The zero-order valence-electron chi connectivity index (χ0n) is 19.3. The number of azo groups is 1. The summed E-state index contributed by atoms with van der Waals surface area (Å²) in [4.78, 5) is 35.2. The van der Waals surface area contributed by atoms with Gasteiger partial charge in [0.25, 0.3) is 23.2 Å². The zero-order valence-corrected chi connectivity index (χ0v) is 19.3. The monoisotopic (exact) mass is 505 g/mol. The highest BCUT2D eigenvalue weighted by molar-refractivity contribution is 6.11. The van der Waals surface area contributed by atoms with Gasteiger partial charge in [-0.1, -0.05) is 30.3 Å². The second-order valence-electron chi connectivity index (χ2n) is 7.73. The summed E-state index contributed by atoms with van der Waals surface area (Å²) in [5.41, 5.74) is -0.105. The third-order valence-electron chi connectivity index (χ3n) is 5.39. The minimum Gasteiger partial charge on any atom is -0.505 e. The fourth-order valence-electron chi connectivity index (χ4n) is 3.64. The maximum Gasteiger partial charge on any atom is 0.271 e. The number of aromatic nitrogens is 4. The molecule has 1 amide bonds. The van der Waals surface area contributed by atoms with Crippen LogP contribution in [0.1, 0.15) is 10.4 Å². The van der Waals surface area contributed by atoms with Crippen LogP contribution in [-0.4, -0.2) is 35.7 Å². The molecule has 0 atom stereocenters. The van der Waals surface area contributed by atoms with Gasteiger partial charge in [0.05, 0.1) is 23.3 Å². The molecule has 38 heavy (non-hydrogen) atoms. The van der Waals surface area contributed by atoms with E-state index >= 15 is 0 Å². The van der Waals surface area contributed by atoms with Crippen LogP contribution in [0.2, 0.25) is 0 Å². The molecule has 5 aromatic rings. The van der Waals surface area contributed by atoms with Gasteiger partial charge in [-0.3, -0.25) is 14.9 Å². The van der Waals surface area contributed by atoms with Crippen molar-refractivity contribution < 1.29 is 14.8 Å². The summed E-state index contributed by atoms with van der Waals surface area (Å²) in [6.45, 7) is 7.44. The molecule has 13 nitrogen and oxygen atoms in total. The molecule has 3 aromatic carbocycles. The van der Waals surface area contributed by atoms with Crippen LogP contribution in [0.5, 0.6) is 5.75 Å². The van der Waals surface area contributed by atoms with Crippen LogP contribution in [0.3, 0.4) is 0 Å². The molecule has 2 heterocycles. The van der Waals surface area contributed by atoms with E-state index < -0.39 is 16.6 Å². The molecule has 0 unspecified atom stereocenters. The van der Waals surface area contributed by atoms with E-state index in [1.165, 1.54) is 53.6 Å². The Morgan fingerprint density at radius 3 is 2.63 bits per heavy atom. The SMILES string of the molecule is [C-]#[N+]c1cnn(-c2ncccn2)c1/N=N/c1c(O)c(C(=O)Nc2cccc([N+](=O)[O-])c2)cc2ccccc12. The molecule has 2 N–H and O–H groups in total. The number of non-ortho nitro benzene ring substituents is 1. The summed E-state index contributed by atoms with van der Waals surface area (Å²) < 4.78 is 1.23. The van der Waals surface area contributed by atoms with Crippen molar-refractivity contribution in [2.24, 2.45) is 10.2 Å². The van der Waals surface area contributed by atoms with Gasteiger partial charge in [-0.25, -0.2) is 14.8 Å². The highest BCUT2D eigenvalue weighted by Gasteiger charge is 2.20. The van der Waals surface area contributed by atoms with Gasteiger partial charge in [0.2, 0.25) is 0 Å². The number of nitrogens with one attached hydrogen (secondary N) is 1. The van der Waals surface area contributed by atoms with Gasteiger partial charge in [0.1, 0.15) is 5.69 Å². The smallest absolute Gasteiger partial charge is 0.271 e. The summed E-state index contributed by atoms with van der Waals surface area (Å²) in [6.07, 6.45) is 4.30. The van der Waals surface area contributed by atoms with Crippen LogP contribution in [0, 0.1) is 16.7 Å². The van der Waals surface area contributed by atoms with Crippen molar-refractivity contribution in [1.29, 1.82) is 0 Å². The second-order valence-corrected chi connectivity index (χ2v) is 7.73. The third kappa shape index (κ3) is 4.48. The van der Waals surface area contributed by atoms with Crippen molar-refractivity contribution in [2.75, 3.05) is 5.32 Å². The van der Waals surface area contributed by atoms with Crippen LogP contribution < -0.4 is 5.32 Å². The molecule has 0 spiro atoms. The molecule has 0 aliphatic heterocycles. The highest BCUT2D eigenvalue weighted by atomic mass is 16.6. The molecule has 184 valence electrons. The first kappa shape index (κ1) is 23.7. The maximum atomic E-state index is 13.1. The Bertz CT molecular complexity index is 1780. The molecular weight excluding hydrogens is 490 g/mol. The number of hydrogen-bond donors (Lipinski definition) is 2. The Kier molecular flexibility index (Phi) is 6.18. The van der Waals surface area contributed by atoms with E-state index in [9.17, 15) is 20.0 Å². The van der Waals surface area contributed by atoms with E-state index in [1.54, 1.807) is 30.3 Å². The molecule has 0 radical (unpaired) electrons. The maximum absolute atomic E-state index is 13.1. The average Bonchev–Trinajstić information content (AvgIpc) is 3.35. The number of carbonyl (C=O) groups is 1. The number of phenolic OH excluding ortho intramolecular Hbond substituents is 1. The minimum absolute atomic E-state index is 0.0232. The van der Waals surface area contributed by atoms with Crippen LogP contribution >= 0.6 is 0 Å².